The van der Waals surface area contributed by atoms with E-state index in [0.29, 0.717) is 29.2 Å². The van der Waals surface area contributed by atoms with Crippen molar-refractivity contribution in [2.24, 2.45) is 0 Å². The van der Waals surface area contributed by atoms with Gasteiger partial charge in [0, 0.05) is 17.5 Å². The fourth-order valence-electron chi connectivity index (χ4n) is 2.97. The Balaban J connectivity index is 1.94. The first-order chi connectivity index (χ1) is 13.6. The third-order valence-corrected chi connectivity index (χ3v) is 4.38. The molecule has 7 heteroatoms. The van der Waals surface area contributed by atoms with Crippen LogP contribution < -0.4 is 14.2 Å². The van der Waals surface area contributed by atoms with Gasteiger partial charge < -0.3 is 23.7 Å². The Labute approximate surface area is 163 Å². The number of carbonyl (C=O) groups excluding carboxylic acids is 2. The van der Waals surface area contributed by atoms with Crippen molar-refractivity contribution in [3.05, 3.63) is 41.5 Å². The molecule has 0 radical (unpaired) electrons. The van der Waals surface area contributed by atoms with E-state index >= 15 is 0 Å². The van der Waals surface area contributed by atoms with Gasteiger partial charge >= 0.3 is 11.9 Å². The van der Waals surface area contributed by atoms with Crippen LogP contribution in [-0.2, 0) is 20.9 Å². The number of hydrogen-bond donors (Lipinski definition) is 0. The Kier molecular flexibility index (Phi) is 6.03. The SMILES string of the molecule is CCC(=O)OCCOc1c(-c2ccc3c(c2)COC3=O)ccc(OC)c1OC. The van der Waals surface area contributed by atoms with Crippen molar-refractivity contribution < 1.29 is 33.3 Å². The minimum absolute atomic E-state index is 0.124. The van der Waals surface area contributed by atoms with Crippen LogP contribution in [0.3, 0.4) is 0 Å². The molecule has 28 heavy (non-hydrogen) atoms. The molecule has 1 aliphatic rings. The van der Waals surface area contributed by atoms with Gasteiger partial charge in [0.15, 0.2) is 11.5 Å². The Hall–Kier alpha value is -3.22. The van der Waals surface area contributed by atoms with Gasteiger partial charge in [0.2, 0.25) is 5.75 Å². The van der Waals surface area contributed by atoms with Crippen molar-refractivity contribution in [1.82, 2.24) is 0 Å². The lowest BCUT2D eigenvalue weighted by Crippen LogP contribution is -2.12. The number of esters is 2. The number of methoxy groups -OCH3 is 2. The molecule has 0 fully saturated rings. The molecule has 0 aromatic heterocycles. The average molecular weight is 386 g/mol. The molecule has 0 saturated carbocycles. The van der Waals surface area contributed by atoms with Crippen LogP contribution in [0, 0.1) is 0 Å². The summed E-state index contributed by atoms with van der Waals surface area (Å²) in [4.78, 5) is 23.0. The van der Waals surface area contributed by atoms with Crippen LogP contribution in [0.4, 0.5) is 0 Å². The topological polar surface area (TPSA) is 80.3 Å². The average Bonchev–Trinajstić information content (AvgIpc) is 3.10. The van der Waals surface area contributed by atoms with Crippen LogP contribution in [0.2, 0.25) is 0 Å². The van der Waals surface area contributed by atoms with Gasteiger partial charge in [-0.3, -0.25) is 4.79 Å². The predicted octanol–water partition coefficient (Wildman–Crippen LogP) is 3.37. The molecule has 0 spiro atoms. The molecular weight excluding hydrogens is 364 g/mol. The Morgan fingerprint density at radius 2 is 1.82 bits per heavy atom. The van der Waals surface area contributed by atoms with Gasteiger partial charge in [0.25, 0.3) is 0 Å². The monoisotopic (exact) mass is 386 g/mol. The van der Waals surface area contributed by atoms with Crippen LogP contribution in [0.15, 0.2) is 30.3 Å². The van der Waals surface area contributed by atoms with E-state index in [1.54, 1.807) is 26.2 Å². The standard InChI is InChI=1S/C21H22O7/c1-4-18(22)26-9-10-27-19-15(7-8-17(24-2)20(19)25-3)13-5-6-16-14(11-13)12-28-21(16)23/h5-8,11H,4,9-10,12H2,1-3H3. The second-order valence-electron chi connectivity index (χ2n) is 6.05. The molecule has 7 nitrogen and oxygen atoms in total. The number of carbonyl (C=O) groups is 2. The van der Waals surface area contributed by atoms with Crippen LogP contribution in [0.5, 0.6) is 17.2 Å². The fourth-order valence-corrected chi connectivity index (χ4v) is 2.97. The first-order valence-corrected chi connectivity index (χ1v) is 8.92. The zero-order valence-electron chi connectivity index (χ0n) is 16.1. The molecule has 0 aliphatic carbocycles. The van der Waals surface area contributed by atoms with Gasteiger partial charge in [-0.1, -0.05) is 13.0 Å². The molecule has 0 saturated heterocycles. The molecular formula is C21H22O7. The summed E-state index contributed by atoms with van der Waals surface area (Å²) in [6, 6.07) is 9.10. The molecule has 2 aromatic carbocycles. The van der Waals surface area contributed by atoms with Crippen molar-refractivity contribution >= 4 is 11.9 Å². The fraction of sp³-hybridized carbons (Fsp3) is 0.333. The summed E-state index contributed by atoms with van der Waals surface area (Å²) in [7, 11) is 3.07. The maximum Gasteiger partial charge on any atom is 0.338 e. The Morgan fingerprint density at radius 3 is 2.54 bits per heavy atom. The largest absolute Gasteiger partial charge is 0.493 e. The maximum absolute atomic E-state index is 11.7. The van der Waals surface area contributed by atoms with E-state index < -0.39 is 0 Å². The molecule has 1 heterocycles. The summed E-state index contributed by atoms with van der Waals surface area (Å²) in [6.45, 7) is 2.26. The minimum Gasteiger partial charge on any atom is -0.493 e. The smallest absolute Gasteiger partial charge is 0.338 e. The second-order valence-corrected chi connectivity index (χ2v) is 6.05. The molecule has 0 amide bonds. The molecule has 1 aliphatic heterocycles. The lowest BCUT2D eigenvalue weighted by Gasteiger charge is -2.18. The van der Waals surface area contributed by atoms with E-state index in [0.717, 1.165) is 16.7 Å². The predicted molar refractivity (Wildman–Crippen MR) is 101 cm³/mol. The van der Waals surface area contributed by atoms with Crippen molar-refractivity contribution in [1.29, 1.82) is 0 Å². The number of fused-ring (bicyclic) bond motifs is 1. The zero-order chi connectivity index (χ0) is 20.1. The summed E-state index contributed by atoms with van der Waals surface area (Å²) in [5, 5.41) is 0. The molecule has 0 bridgehead atoms. The minimum atomic E-state index is -0.317. The first kappa shape index (κ1) is 19.5. The van der Waals surface area contributed by atoms with Crippen LogP contribution in [-0.4, -0.2) is 39.4 Å². The number of rotatable bonds is 8. The molecule has 148 valence electrons. The summed E-state index contributed by atoms with van der Waals surface area (Å²) in [6.07, 6.45) is 0.309. The third kappa shape index (κ3) is 3.88. The number of ether oxygens (including phenoxy) is 5. The molecule has 3 rings (SSSR count). The molecule has 0 N–H and O–H groups in total. The third-order valence-electron chi connectivity index (χ3n) is 4.38. The van der Waals surface area contributed by atoms with Crippen LogP contribution in [0.1, 0.15) is 29.3 Å². The lowest BCUT2D eigenvalue weighted by atomic mass is 9.99. The summed E-state index contributed by atoms with van der Waals surface area (Å²) in [5.41, 5.74) is 3.00. The van der Waals surface area contributed by atoms with E-state index in [1.165, 1.54) is 7.11 Å². The van der Waals surface area contributed by atoms with Gasteiger partial charge in [0.05, 0.1) is 19.8 Å². The van der Waals surface area contributed by atoms with Crippen LogP contribution >= 0.6 is 0 Å². The van der Waals surface area contributed by atoms with Gasteiger partial charge in [-0.15, -0.1) is 0 Å². The Bertz CT molecular complexity index is 889. The van der Waals surface area contributed by atoms with Crippen molar-refractivity contribution in [2.45, 2.75) is 20.0 Å². The Morgan fingerprint density at radius 1 is 1.04 bits per heavy atom. The first-order valence-electron chi connectivity index (χ1n) is 8.92. The number of cyclic esters (lactones) is 1. The number of hydrogen-bond acceptors (Lipinski definition) is 7. The molecule has 0 unspecified atom stereocenters. The van der Waals surface area contributed by atoms with Gasteiger partial charge in [-0.2, -0.15) is 0 Å². The maximum atomic E-state index is 11.7. The van der Waals surface area contributed by atoms with E-state index in [1.807, 2.05) is 18.2 Å². The molecule has 0 atom stereocenters. The summed E-state index contributed by atoms with van der Waals surface area (Å²) < 4.78 is 26.9. The number of benzene rings is 2. The van der Waals surface area contributed by atoms with Gasteiger partial charge in [-0.05, 0) is 29.8 Å². The lowest BCUT2D eigenvalue weighted by molar-refractivity contribution is -0.143. The quantitative estimate of drug-likeness (QED) is 0.508. The van der Waals surface area contributed by atoms with E-state index in [-0.39, 0.29) is 31.8 Å². The highest BCUT2D eigenvalue weighted by molar-refractivity contribution is 5.94. The van der Waals surface area contributed by atoms with Gasteiger partial charge in [-0.25, -0.2) is 4.79 Å². The van der Waals surface area contributed by atoms with Crippen molar-refractivity contribution in [2.75, 3.05) is 27.4 Å². The van der Waals surface area contributed by atoms with E-state index in [4.69, 9.17) is 23.7 Å². The highest BCUT2D eigenvalue weighted by atomic mass is 16.6. The zero-order valence-corrected chi connectivity index (χ0v) is 16.1. The van der Waals surface area contributed by atoms with E-state index in [2.05, 4.69) is 0 Å². The van der Waals surface area contributed by atoms with Crippen molar-refractivity contribution in [3.63, 3.8) is 0 Å². The van der Waals surface area contributed by atoms with Crippen molar-refractivity contribution in [3.8, 4) is 28.4 Å². The van der Waals surface area contributed by atoms with Crippen LogP contribution in [0.25, 0.3) is 11.1 Å². The summed E-state index contributed by atoms with van der Waals surface area (Å²) in [5.74, 6) is 0.827. The second kappa shape index (κ2) is 8.65. The highest BCUT2D eigenvalue weighted by Crippen LogP contribution is 2.45. The molecule has 2 aromatic rings. The summed E-state index contributed by atoms with van der Waals surface area (Å²) >= 11 is 0. The normalized spacial score (nSPS) is 12.2. The van der Waals surface area contributed by atoms with Gasteiger partial charge in [0.1, 0.15) is 19.8 Å². The van der Waals surface area contributed by atoms with E-state index in [9.17, 15) is 9.59 Å². The highest BCUT2D eigenvalue weighted by Gasteiger charge is 2.23.